The van der Waals surface area contributed by atoms with Gasteiger partial charge in [0.1, 0.15) is 0 Å². The molecule has 0 aliphatic heterocycles. The molecule has 116 valence electrons. The van der Waals surface area contributed by atoms with Crippen LogP contribution < -0.4 is 11.3 Å². The number of nitrogens with one attached hydrogen (secondary N) is 1. The van der Waals surface area contributed by atoms with Crippen molar-refractivity contribution in [1.29, 1.82) is 0 Å². The third-order valence-corrected chi connectivity index (χ3v) is 5.55. The average Bonchev–Trinajstić information content (AvgIpc) is 2.92. The van der Waals surface area contributed by atoms with Crippen molar-refractivity contribution in [3.8, 4) is 0 Å². The number of hydrazine groups is 1. The molecule has 2 aliphatic carbocycles. The minimum absolute atomic E-state index is 0.447. The summed E-state index contributed by atoms with van der Waals surface area (Å²) >= 11 is 0. The summed E-state index contributed by atoms with van der Waals surface area (Å²) in [7, 11) is 0. The molecular formula is C19H30N2. The highest BCUT2D eigenvalue weighted by atomic mass is 15.2. The number of benzene rings is 1. The van der Waals surface area contributed by atoms with Crippen molar-refractivity contribution in [2.24, 2.45) is 11.8 Å². The predicted octanol–water partition coefficient (Wildman–Crippen LogP) is 3.91. The summed E-state index contributed by atoms with van der Waals surface area (Å²) in [6.45, 7) is 0. The molecule has 1 fully saturated rings. The minimum Gasteiger partial charge on any atom is -0.271 e. The predicted molar refractivity (Wildman–Crippen MR) is 89.1 cm³/mol. The first kappa shape index (κ1) is 15.1. The molecule has 0 saturated heterocycles. The Morgan fingerprint density at radius 1 is 0.952 bits per heavy atom. The molecule has 1 atom stereocenters. The minimum atomic E-state index is 0.447. The molecule has 3 rings (SSSR count). The van der Waals surface area contributed by atoms with Crippen molar-refractivity contribution in [3.05, 3.63) is 34.9 Å². The van der Waals surface area contributed by atoms with Crippen molar-refractivity contribution in [2.75, 3.05) is 0 Å². The van der Waals surface area contributed by atoms with E-state index in [1.807, 2.05) is 0 Å². The molecule has 1 aromatic carbocycles. The molecule has 0 heterocycles. The van der Waals surface area contributed by atoms with Gasteiger partial charge in [-0.05, 0) is 61.1 Å². The Balaban J connectivity index is 1.65. The van der Waals surface area contributed by atoms with E-state index in [1.54, 1.807) is 11.1 Å². The van der Waals surface area contributed by atoms with E-state index >= 15 is 0 Å². The smallest absolute Gasteiger partial charge is 0.0279 e. The fraction of sp³-hybridized carbons (Fsp3) is 0.684. The summed E-state index contributed by atoms with van der Waals surface area (Å²) in [6.07, 6.45) is 14.7. The van der Waals surface area contributed by atoms with Crippen molar-refractivity contribution < 1.29 is 0 Å². The van der Waals surface area contributed by atoms with Crippen molar-refractivity contribution in [2.45, 2.75) is 76.7 Å². The summed E-state index contributed by atoms with van der Waals surface area (Å²) in [5.41, 5.74) is 7.76. The van der Waals surface area contributed by atoms with E-state index in [9.17, 15) is 0 Å². The van der Waals surface area contributed by atoms with Crippen LogP contribution in [0.4, 0.5) is 0 Å². The maximum Gasteiger partial charge on any atom is 0.0279 e. The average molecular weight is 286 g/mol. The molecule has 0 radical (unpaired) electrons. The number of aryl methyl sites for hydroxylation is 2. The molecule has 0 spiro atoms. The standard InChI is InChI=1S/C19H30N2/c20-21-19(17-7-4-2-1-3-5-8-17)14-15-11-12-16-9-6-10-18(16)13-15/h11-13,17,19,21H,1-10,14,20H2. The number of hydrogen-bond acceptors (Lipinski definition) is 2. The van der Waals surface area contributed by atoms with Gasteiger partial charge in [-0.2, -0.15) is 0 Å². The van der Waals surface area contributed by atoms with Gasteiger partial charge in [-0.25, -0.2) is 0 Å². The molecule has 0 aromatic heterocycles. The Labute approximate surface area is 129 Å². The molecule has 2 heteroatoms. The number of hydrogen-bond donors (Lipinski definition) is 2. The zero-order valence-corrected chi connectivity index (χ0v) is 13.2. The van der Waals surface area contributed by atoms with E-state index < -0.39 is 0 Å². The second kappa shape index (κ2) is 7.42. The van der Waals surface area contributed by atoms with Gasteiger partial charge in [0.2, 0.25) is 0 Å². The summed E-state index contributed by atoms with van der Waals surface area (Å²) in [6, 6.07) is 7.57. The highest BCUT2D eigenvalue weighted by Crippen LogP contribution is 2.28. The van der Waals surface area contributed by atoms with E-state index in [-0.39, 0.29) is 0 Å². The van der Waals surface area contributed by atoms with Crippen molar-refractivity contribution >= 4 is 0 Å². The van der Waals surface area contributed by atoms with Crippen LogP contribution in [0.15, 0.2) is 18.2 Å². The lowest BCUT2D eigenvalue weighted by atomic mass is 9.83. The zero-order chi connectivity index (χ0) is 14.5. The quantitative estimate of drug-likeness (QED) is 0.650. The first-order valence-electron chi connectivity index (χ1n) is 8.93. The lowest BCUT2D eigenvalue weighted by Crippen LogP contribution is -2.42. The van der Waals surface area contributed by atoms with Crippen LogP contribution in [0.2, 0.25) is 0 Å². The highest BCUT2D eigenvalue weighted by Gasteiger charge is 2.22. The molecule has 1 aromatic rings. The van der Waals surface area contributed by atoms with Gasteiger partial charge in [0.15, 0.2) is 0 Å². The lowest BCUT2D eigenvalue weighted by Gasteiger charge is -2.28. The summed E-state index contributed by atoms with van der Waals surface area (Å²) in [4.78, 5) is 0. The van der Waals surface area contributed by atoms with Crippen molar-refractivity contribution in [1.82, 2.24) is 5.43 Å². The first-order valence-corrected chi connectivity index (χ1v) is 8.93. The Bertz CT molecular complexity index is 447. The molecule has 0 amide bonds. The highest BCUT2D eigenvalue weighted by molar-refractivity contribution is 5.35. The normalized spacial score (nSPS) is 21.6. The largest absolute Gasteiger partial charge is 0.271 e. The van der Waals surface area contributed by atoms with Gasteiger partial charge in [0.05, 0.1) is 0 Å². The van der Waals surface area contributed by atoms with Crippen LogP contribution in [0.25, 0.3) is 0 Å². The Kier molecular flexibility index (Phi) is 5.32. The molecule has 21 heavy (non-hydrogen) atoms. The maximum atomic E-state index is 5.90. The van der Waals surface area contributed by atoms with Crippen LogP contribution in [-0.4, -0.2) is 6.04 Å². The molecule has 2 aliphatic rings. The van der Waals surface area contributed by atoms with Gasteiger partial charge in [-0.3, -0.25) is 11.3 Å². The van der Waals surface area contributed by atoms with Crippen LogP contribution in [0.1, 0.15) is 68.1 Å². The Morgan fingerprint density at radius 3 is 2.43 bits per heavy atom. The summed E-state index contributed by atoms with van der Waals surface area (Å²) < 4.78 is 0. The molecule has 0 bridgehead atoms. The van der Waals surface area contributed by atoms with Crippen molar-refractivity contribution in [3.63, 3.8) is 0 Å². The molecule has 2 nitrogen and oxygen atoms in total. The van der Waals surface area contributed by atoms with E-state index in [0.717, 1.165) is 12.3 Å². The summed E-state index contributed by atoms with van der Waals surface area (Å²) in [5.74, 6) is 6.66. The first-order chi connectivity index (χ1) is 10.4. The fourth-order valence-electron chi connectivity index (χ4n) is 4.26. The molecule has 1 saturated carbocycles. The SMILES string of the molecule is NNC(Cc1ccc2c(c1)CCC2)C1CCCCCCC1. The topological polar surface area (TPSA) is 38.0 Å². The van der Waals surface area contributed by atoms with E-state index in [0.29, 0.717) is 6.04 Å². The van der Waals surface area contributed by atoms with Gasteiger partial charge in [0, 0.05) is 6.04 Å². The maximum absolute atomic E-state index is 5.90. The van der Waals surface area contributed by atoms with Gasteiger partial charge < -0.3 is 0 Å². The molecule has 1 unspecified atom stereocenters. The van der Waals surface area contributed by atoms with Gasteiger partial charge >= 0.3 is 0 Å². The second-order valence-electron chi connectivity index (χ2n) is 7.04. The zero-order valence-electron chi connectivity index (χ0n) is 13.2. The number of rotatable bonds is 4. The molecular weight excluding hydrogens is 256 g/mol. The third kappa shape index (κ3) is 3.87. The third-order valence-electron chi connectivity index (χ3n) is 5.55. The van der Waals surface area contributed by atoms with Gasteiger partial charge in [-0.1, -0.05) is 50.3 Å². The molecule has 3 N–H and O–H groups in total. The van der Waals surface area contributed by atoms with Crippen LogP contribution in [0, 0.1) is 5.92 Å². The van der Waals surface area contributed by atoms with Crippen LogP contribution >= 0.6 is 0 Å². The van der Waals surface area contributed by atoms with E-state index in [4.69, 9.17) is 5.84 Å². The summed E-state index contributed by atoms with van der Waals surface area (Å²) in [5, 5.41) is 0. The van der Waals surface area contributed by atoms with E-state index in [1.165, 1.54) is 69.8 Å². The Morgan fingerprint density at radius 2 is 1.67 bits per heavy atom. The lowest BCUT2D eigenvalue weighted by molar-refractivity contribution is 0.285. The fourth-order valence-corrected chi connectivity index (χ4v) is 4.26. The van der Waals surface area contributed by atoms with Crippen LogP contribution in [0.3, 0.4) is 0 Å². The number of nitrogens with two attached hydrogens (primary N) is 1. The number of fused-ring (bicyclic) bond motifs is 1. The second-order valence-corrected chi connectivity index (χ2v) is 7.04. The van der Waals surface area contributed by atoms with Gasteiger partial charge in [0.25, 0.3) is 0 Å². The van der Waals surface area contributed by atoms with Crippen LogP contribution in [-0.2, 0) is 19.3 Å². The van der Waals surface area contributed by atoms with E-state index in [2.05, 4.69) is 23.6 Å². The van der Waals surface area contributed by atoms with Gasteiger partial charge in [-0.15, -0.1) is 0 Å². The Hall–Kier alpha value is -0.860. The van der Waals surface area contributed by atoms with Crippen LogP contribution in [0.5, 0.6) is 0 Å². The monoisotopic (exact) mass is 286 g/mol.